The maximum absolute atomic E-state index is 12.4. The quantitative estimate of drug-likeness (QED) is 0.636. The molecule has 2 atom stereocenters. The van der Waals surface area contributed by atoms with Gasteiger partial charge in [0, 0.05) is 31.0 Å². The van der Waals surface area contributed by atoms with Crippen molar-refractivity contribution in [3.05, 3.63) is 24.1 Å². The molecule has 2 aliphatic heterocycles. The zero-order valence-corrected chi connectivity index (χ0v) is 19.1. The molecule has 8 heteroatoms. The maximum atomic E-state index is 12.4. The summed E-state index contributed by atoms with van der Waals surface area (Å²) in [5, 5.41) is 7.23. The van der Waals surface area contributed by atoms with Crippen LogP contribution in [0.2, 0.25) is 0 Å². The second kappa shape index (κ2) is 10.8. The summed E-state index contributed by atoms with van der Waals surface area (Å²) in [6, 6.07) is 6.15. The van der Waals surface area contributed by atoms with Gasteiger partial charge >= 0.3 is 0 Å². The van der Waals surface area contributed by atoms with Crippen molar-refractivity contribution in [2.45, 2.75) is 57.4 Å². The lowest BCUT2D eigenvalue weighted by Crippen LogP contribution is -2.50. The lowest BCUT2D eigenvalue weighted by atomic mass is 9.83. The number of nitrogens with zero attached hydrogens (tertiary/aromatic N) is 3. The summed E-state index contributed by atoms with van der Waals surface area (Å²) in [6.45, 7) is 3.25. The van der Waals surface area contributed by atoms with Gasteiger partial charge in [-0.1, -0.05) is 11.6 Å². The van der Waals surface area contributed by atoms with E-state index in [1.165, 1.54) is 45.2 Å². The van der Waals surface area contributed by atoms with Crippen LogP contribution < -0.4 is 14.8 Å². The molecular weight excluding hydrogens is 408 g/mol. The average molecular weight is 443 g/mol. The first-order valence-corrected chi connectivity index (χ1v) is 11.7. The van der Waals surface area contributed by atoms with Crippen molar-refractivity contribution < 1.29 is 18.8 Å². The van der Waals surface area contributed by atoms with Gasteiger partial charge < -0.3 is 24.2 Å². The number of carbonyl (C=O) groups is 1. The van der Waals surface area contributed by atoms with Gasteiger partial charge in [0.15, 0.2) is 11.5 Å². The van der Waals surface area contributed by atoms with Crippen molar-refractivity contribution >= 4 is 5.91 Å². The number of nitrogens with one attached hydrogen (secondary N) is 1. The monoisotopic (exact) mass is 442 g/mol. The summed E-state index contributed by atoms with van der Waals surface area (Å²) >= 11 is 0. The van der Waals surface area contributed by atoms with Gasteiger partial charge in [0.1, 0.15) is 0 Å². The van der Waals surface area contributed by atoms with E-state index in [4.69, 9.17) is 14.0 Å². The zero-order valence-electron chi connectivity index (χ0n) is 19.1. The number of methoxy groups -OCH3 is 2. The van der Waals surface area contributed by atoms with E-state index in [2.05, 4.69) is 20.4 Å². The normalized spacial score (nSPS) is 21.1. The SMILES string of the molecule is COc1ccc(-c2noc(CCCC(=O)NC[C@H]3CCCN4CCCC[C@@H]34)n2)cc1OC. The highest BCUT2D eigenvalue weighted by molar-refractivity contribution is 5.75. The molecule has 0 saturated carbocycles. The van der Waals surface area contributed by atoms with Crippen LogP contribution in [0.5, 0.6) is 11.5 Å². The fraction of sp³-hybridized carbons (Fsp3) is 0.625. The Kier molecular flexibility index (Phi) is 7.63. The Bertz CT molecular complexity index is 898. The molecule has 32 heavy (non-hydrogen) atoms. The van der Waals surface area contributed by atoms with Gasteiger partial charge in [-0.15, -0.1) is 0 Å². The summed E-state index contributed by atoms with van der Waals surface area (Å²) in [5.41, 5.74) is 0.791. The number of benzene rings is 1. The molecule has 1 aromatic carbocycles. The topological polar surface area (TPSA) is 89.7 Å². The second-order valence-electron chi connectivity index (χ2n) is 8.74. The highest BCUT2D eigenvalue weighted by atomic mass is 16.5. The van der Waals surface area contributed by atoms with Gasteiger partial charge in [-0.2, -0.15) is 4.98 Å². The van der Waals surface area contributed by atoms with Crippen molar-refractivity contribution in [1.82, 2.24) is 20.4 Å². The van der Waals surface area contributed by atoms with Gasteiger partial charge in [0.25, 0.3) is 0 Å². The number of aromatic nitrogens is 2. The first-order valence-electron chi connectivity index (χ1n) is 11.7. The maximum Gasteiger partial charge on any atom is 0.226 e. The van der Waals surface area contributed by atoms with Crippen LogP contribution in [0.1, 0.15) is 50.8 Å². The molecule has 1 amide bonds. The number of ether oxygens (including phenoxy) is 2. The Morgan fingerprint density at radius 2 is 2.00 bits per heavy atom. The minimum absolute atomic E-state index is 0.109. The number of amides is 1. The van der Waals surface area contributed by atoms with Crippen LogP contribution in [0.3, 0.4) is 0 Å². The van der Waals surface area contributed by atoms with Gasteiger partial charge in [-0.05, 0) is 69.3 Å². The predicted molar refractivity (Wildman–Crippen MR) is 121 cm³/mol. The molecule has 2 aromatic rings. The standard InChI is InChI=1S/C24H34N4O4/c1-30-20-12-11-17(15-21(20)31-2)24-26-23(32-27-24)10-5-9-22(29)25-16-18-7-6-14-28-13-4-3-8-19(18)28/h11-12,15,18-19H,3-10,13-14,16H2,1-2H3,(H,25,29)/t18-,19+/m1/s1. The molecule has 2 saturated heterocycles. The molecule has 3 heterocycles. The lowest BCUT2D eigenvalue weighted by molar-refractivity contribution is -0.121. The molecule has 0 bridgehead atoms. The molecule has 0 radical (unpaired) electrons. The molecule has 1 aromatic heterocycles. The minimum Gasteiger partial charge on any atom is -0.493 e. The zero-order chi connectivity index (χ0) is 22.3. The molecular formula is C24H34N4O4. The molecule has 0 unspecified atom stereocenters. The van der Waals surface area contributed by atoms with E-state index in [1.807, 2.05) is 18.2 Å². The number of rotatable bonds is 9. The first kappa shape index (κ1) is 22.6. The number of fused-ring (bicyclic) bond motifs is 1. The molecule has 174 valence electrons. The highest BCUT2D eigenvalue weighted by Crippen LogP contribution is 2.32. The van der Waals surface area contributed by atoms with E-state index < -0.39 is 0 Å². The number of hydrogen-bond donors (Lipinski definition) is 1. The van der Waals surface area contributed by atoms with Gasteiger partial charge in [0.2, 0.25) is 17.6 Å². The Morgan fingerprint density at radius 1 is 1.16 bits per heavy atom. The Hall–Kier alpha value is -2.61. The fourth-order valence-corrected chi connectivity index (χ4v) is 5.00. The van der Waals surface area contributed by atoms with Gasteiger partial charge in [-0.25, -0.2) is 0 Å². The molecule has 0 spiro atoms. The summed E-state index contributed by atoms with van der Waals surface area (Å²) in [6.07, 6.45) is 8.11. The lowest BCUT2D eigenvalue weighted by Gasteiger charge is -2.44. The molecule has 2 fully saturated rings. The van der Waals surface area contributed by atoms with E-state index in [0.29, 0.717) is 54.4 Å². The number of aryl methyl sites for hydroxylation is 1. The highest BCUT2D eigenvalue weighted by Gasteiger charge is 2.32. The third-order valence-electron chi connectivity index (χ3n) is 6.69. The van der Waals surface area contributed by atoms with Gasteiger partial charge in [-0.3, -0.25) is 4.79 Å². The summed E-state index contributed by atoms with van der Waals surface area (Å²) in [7, 11) is 3.19. The second-order valence-corrected chi connectivity index (χ2v) is 8.74. The Morgan fingerprint density at radius 3 is 2.84 bits per heavy atom. The van der Waals surface area contributed by atoms with Crippen LogP contribution in [0.15, 0.2) is 22.7 Å². The third kappa shape index (κ3) is 5.41. The number of piperidine rings is 2. The molecule has 2 aliphatic rings. The van der Waals surface area contributed by atoms with Crippen LogP contribution >= 0.6 is 0 Å². The molecule has 1 N–H and O–H groups in total. The van der Waals surface area contributed by atoms with E-state index in [1.54, 1.807) is 14.2 Å². The van der Waals surface area contributed by atoms with Crippen molar-refractivity contribution in [3.8, 4) is 22.9 Å². The minimum atomic E-state index is 0.109. The van der Waals surface area contributed by atoms with Crippen molar-refractivity contribution in [3.63, 3.8) is 0 Å². The molecule has 0 aliphatic carbocycles. The Labute approximate surface area is 189 Å². The van der Waals surface area contributed by atoms with E-state index >= 15 is 0 Å². The van der Waals surface area contributed by atoms with Crippen LogP contribution in [0.25, 0.3) is 11.4 Å². The van der Waals surface area contributed by atoms with Crippen molar-refractivity contribution in [2.75, 3.05) is 33.9 Å². The van der Waals surface area contributed by atoms with E-state index in [-0.39, 0.29) is 5.91 Å². The van der Waals surface area contributed by atoms with Gasteiger partial charge in [0.05, 0.1) is 14.2 Å². The van der Waals surface area contributed by atoms with E-state index in [9.17, 15) is 4.79 Å². The van der Waals surface area contributed by atoms with Crippen LogP contribution in [-0.2, 0) is 11.2 Å². The Balaban J connectivity index is 1.22. The number of carbonyl (C=O) groups excluding carboxylic acids is 1. The average Bonchev–Trinajstić information content (AvgIpc) is 3.31. The first-order chi connectivity index (χ1) is 15.7. The summed E-state index contributed by atoms with van der Waals surface area (Å²) < 4.78 is 16.0. The number of hydrogen-bond acceptors (Lipinski definition) is 7. The van der Waals surface area contributed by atoms with Crippen LogP contribution in [0, 0.1) is 5.92 Å². The van der Waals surface area contributed by atoms with E-state index in [0.717, 1.165) is 12.1 Å². The van der Waals surface area contributed by atoms with Crippen molar-refractivity contribution in [1.29, 1.82) is 0 Å². The molecule has 8 nitrogen and oxygen atoms in total. The van der Waals surface area contributed by atoms with Crippen LogP contribution in [-0.4, -0.2) is 60.8 Å². The fourth-order valence-electron chi connectivity index (χ4n) is 5.00. The van der Waals surface area contributed by atoms with Crippen LogP contribution in [0.4, 0.5) is 0 Å². The summed E-state index contributed by atoms with van der Waals surface area (Å²) in [5.74, 6) is 3.00. The third-order valence-corrected chi connectivity index (χ3v) is 6.69. The van der Waals surface area contributed by atoms with Crippen molar-refractivity contribution in [2.24, 2.45) is 5.92 Å². The molecule has 4 rings (SSSR count). The predicted octanol–water partition coefficient (Wildman–Crippen LogP) is 3.46. The summed E-state index contributed by atoms with van der Waals surface area (Å²) in [4.78, 5) is 19.5. The largest absolute Gasteiger partial charge is 0.493 e. The smallest absolute Gasteiger partial charge is 0.226 e.